The lowest BCUT2D eigenvalue weighted by Crippen LogP contribution is -2.43. The van der Waals surface area contributed by atoms with Gasteiger partial charge in [0.1, 0.15) is 12.1 Å². The second-order valence-electron chi connectivity index (χ2n) is 7.82. The van der Waals surface area contributed by atoms with Gasteiger partial charge >= 0.3 is 0 Å². The van der Waals surface area contributed by atoms with E-state index in [-0.39, 0.29) is 23.9 Å². The van der Waals surface area contributed by atoms with Crippen LogP contribution in [0, 0.1) is 5.92 Å². The highest BCUT2D eigenvalue weighted by Gasteiger charge is 2.39. The third-order valence-electron chi connectivity index (χ3n) is 5.36. The molecule has 3 aromatic rings. The molecule has 6 heteroatoms. The van der Waals surface area contributed by atoms with Crippen LogP contribution in [0.5, 0.6) is 5.75 Å². The maximum absolute atomic E-state index is 13.2. The molecule has 2 heterocycles. The van der Waals surface area contributed by atoms with Gasteiger partial charge in [-0.2, -0.15) is 10.1 Å². The van der Waals surface area contributed by atoms with Gasteiger partial charge in [0.05, 0.1) is 19.2 Å². The standard InChI is InChI=1S/C23H26N4O2/c1-16(2)13-22(28)26-20(17-7-5-4-6-8-17)14-21(27-23(26)24-15-25-27)18-9-11-19(29-3)12-10-18/h4-12,15-16,20-21H,13-14H2,1-3H3/t20-,21+/m0/s1. The molecule has 1 aromatic heterocycles. The summed E-state index contributed by atoms with van der Waals surface area (Å²) >= 11 is 0. The Morgan fingerprint density at radius 1 is 1.07 bits per heavy atom. The Morgan fingerprint density at radius 3 is 2.41 bits per heavy atom. The minimum absolute atomic E-state index is 0.00767. The summed E-state index contributed by atoms with van der Waals surface area (Å²) in [5.74, 6) is 1.78. The van der Waals surface area contributed by atoms with E-state index in [0.717, 1.165) is 23.3 Å². The molecule has 4 rings (SSSR count). The van der Waals surface area contributed by atoms with E-state index in [1.165, 1.54) is 6.33 Å². The molecular formula is C23H26N4O2. The molecule has 6 nitrogen and oxygen atoms in total. The van der Waals surface area contributed by atoms with Crippen LogP contribution in [0.2, 0.25) is 0 Å². The van der Waals surface area contributed by atoms with Crippen LogP contribution in [0.15, 0.2) is 60.9 Å². The van der Waals surface area contributed by atoms with Crippen LogP contribution >= 0.6 is 0 Å². The Bertz CT molecular complexity index is 966. The molecule has 150 valence electrons. The van der Waals surface area contributed by atoms with Gasteiger partial charge < -0.3 is 4.74 Å². The monoisotopic (exact) mass is 390 g/mol. The van der Waals surface area contributed by atoms with Gasteiger partial charge in [0.2, 0.25) is 11.9 Å². The Labute approximate surface area is 171 Å². The van der Waals surface area contributed by atoms with E-state index in [9.17, 15) is 4.79 Å². The van der Waals surface area contributed by atoms with Crippen LogP contribution in [0.1, 0.15) is 49.9 Å². The third kappa shape index (κ3) is 3.75. The van der Waals surface area contributed by atoms with Crippen molar-refractivity contribution < 1.29 is 9.53 Å². The highest BCUT2D eigenvalue weighted by molar-refractivity contribution is 5.93. The fourth-order valence-corrected chi connectivity index (χ4v) is 3.99. The Balaban J connectivity index is 1.79. The molecule has 0 bridgehead atoms. The first-order valence-electron chi connectivity index (χ1n) is 9.99. The summed E-state index contributed by atoms with van der Waals surface area (Å²) in [6.45, 7) is 4.12. The normalized spacial score (nSPS) is 18.6. The molecule has 2 aromatic carbocycles. The maximum Gasteiger partial charge on any atom is 0.231 e. The maximum atomic E-state index is 13.2. The molecule has 0 unspecified atom stereocenters. The average Bonchev–Trinajstić information content (AvgIpc) is 3.22. The smallest absolute Gasteiger partial charge is 0.231 e. The van der Waals surface area contributed by atoms with E-state index in [1.807, 2.05) is 39.9 Å². The molecule has 1 aliphatic rings. The van der Waals surface area contributed by atoms with Gasteiger partial charge in [-0.25, -0.2) is 4.68 Å². The first-order valence-corrected chi connectivity index (χ1v) is 9.99. The van der Waals surface area contributed by atoms with Crippen molar-refractivity contribution in [3.8, 4) is 5.75 Å². The number of aromatic nitrogens is 3. The van der Waals surface area contributed by atoms with E-state index in [2.05, 4.69) is 48.2 Å². The van der Waals surface area contributed by atoms with Crippen LogP contribution < -0.4 is 9.64 Å². The number of benzene rings is 2. The molecule has 29 heavy (non-hydrogen) atoms. The molecule has 0 fully saturated rings. The van der Waals surface area contributed by atoms with Gasteiger partial charge in [0.25, 0.3) is 0 Å². The summed E-state index contributed by atoms with van der Waals surface area (Å²) in [4.78, 5) is 19.5. The molecule has 0 N–H and O–H groups in total. The van der Waals surface area contributed by atoms with Crippen LogP contribution in [0.4, 0.5) is 5.95 Å². The summed E-state index contributed by atoms with van der Waals surface area (Å²) < 4.78 is 7.17. The van der Waals surface area contributed by atoms with Crippen molar-refractivity contribution in [3.63, 3.8) is 0 Å². The third-order valence-corrected chi connectivity index (χ3v) is 5.36. The highest BCUT2D eigenvalue weighted by Crippen LogP contribution is 2.42. The molecule has 0 spiro atoms. The van der Waals surface area contributed by atoms with Crippen LogP contribution in [0.25, 0.3) is 0 Å². The van der Waals surface area contributed by atoms with Crippen LogP contribution in [-0.2, 0) is 4.79 Å². The van der Waals surface area contributed by atoms with Gasteiger partial charge in [-0.3, -0.25) is 9.69 Å². The number of hydrogen-bond donors (Lipinski definition) is 0. The van der Waals surface area contributed by atoms with E-state index in [4.69, 9.17) is 4.74 Å². The topological polar surface area (TPSA) is 60.2 Å². The van der Waals surface area contributed by atoms with Gasteiger partial charge in [0.15, 0.2) is 0 Å². The quantitative estimate of drug-likeness (QED) is 0.648. The predicted molar refractivity (Wildman–Crippen MR) is 112 cm³/mol. The van der Waals surface area contributed by atoms with Crippen LogP contribution in [-0.4, -0.2) is 27.8 Å². The summed E-state index contributed by atoms with van der Waals surface area (Å²) in [6.07, 6.45) is 2.74. The Kier molecular flexibility index (Phi) is 5.34. The number of fused-ring (bicyclic) bond motifs is 1. The Morgan fingerprint density at radius 2 is 1.76 bits per heavy atom. The largest absolute Gasteiger partial charge is 0.497 e. The van der Waals surface area contributed by atoms with Crippen molar-refractivity contribution >= 4 is 11.9 Å². The summed E-state index contributed by atoms with van der Waals surface area (Å²) in [5.41, 5.74) is 2.23. The number of ether oxygens (including phenoxy) is 1. The zero-order valence-electron chi connectivity index (χ0n) is 17.0. The lowest BCUT2D eigenvalue weighted by Gasteiger charge is -2.39. The fourth-order valence-electron chi connectivity index (χ4n) is 3.99. The van der Waals surface area contributed by atoms with Crippen molar-refractivity contribution in [3.05, 3.63) is 72.1 Å². The van der Waals surface area contributed by atoms with E-state index in [0.29, 0.717) is 12.4 Å². The highest BCUT2D eigenvalue weighted by atomic mass is 16.5. The average molecular weight is 390 g/mol. The zero-order chi connectivity index (χ0) is 20.4. The zero-order valence-corrected chi connectivity index (χ0v) is 17.0. The van der Waals surface area contributed by atoms with Gasteiger partial charge in [0, 0.05) is 6.42 Å². The molecule has 1 aliphatic heterocycles. The Hall–Kier alpha value is -3.15. The van der Waals surface area contributed by atoms with Crippen molar-refractivity contribution in [2.24, 2.45) is 5.92 Å². The lowest BCUT2D eigenvalue weighted by atomic mass is 9.91. The number of methoxy groups -OCH3 is 1. The molecule has 0 saturated carbocycles. The van der Waals surface area contributed by atoms with E-state index in [1.54, 1.807) is 7.11 Å². The number of anilines is 1. The second kappa shape index (κ2) is 8.07. The van der Waals surface area contributed by atoms with Crippen molar-refractivity contribution in [1.82, 2.24) is 14.8 Å². The van der Waals surface area contributed by atoms with Gasteiger partial charge in [-0.15, -0.1) is 0 Å². The van der Waals surface area contributed by atoms with E-state index < -0.39 is 0 Å². The molecule has 2 atom stereocenters. The molecule has 1 amide bonds. The summed E-state index contributed by atoms with van der Waals surface area (Å²) in [7, 11) is 1.66. The molecule has 0 aliphatic carbocycles. The predicted octanol–water partition coefficient (Wildman–Crippen LogP) is 4.40. The molecule has 0 saturated heterocycles. The first-order chi connectivity index (χ1) is 14.1. The molecular weight excluding hydrogens is 364 g/mol. The van der Waals surface area contributed by atoms with Crippen molar-refractivity contribution in [2.75, 3.05) is 12.0 Å². The number of nitrogens with zero attached hydrogens (tertiary/aromatic N) is 4. The van der Waals surface area contributed by atoms with Crippen LogP contribution in [0.3, 0.4) is 0 Å². The van der Waals surface area contributed by atoms with Gasteiger partial charge in [-0.1, -0.05) is 56.3 Å². The summed E-state index contributed by atoms with van der Waals surface area (Å²) in [6, 6.07) is 18.1. The fraction of sp³-hybridized carbons (Fsp3) is 0.348. The lowest BCUT2D eigenvalue weighted by molar-refractivity contribution is -0.120. The number of hydrogen-bond acceptors (Lipinski definition) is 4. The number of amides is 1. The summed E-state index contributed by atoms with van der Waals surface area (Å²) in [5, 5.41) is 4.48. The van der Waals surface area contributed by atoms with Crippen molar-refractivity contribution in [1.29, 1.82) is 0 Å². The first kappa shape index (κ1) is 19.2. The number of carbonyl (C=O) groups is 1. The second-order valence-corrected chi connectivity index (χ2v) is 7.82. The van der Waals surface area contributed by atoms with E-state index >= 15 is 0 Å². The minimum atomic E-state index is -0.0914. The van der Waals surface area contributed by atoms with Gasteiger partial charge in [-0.05, 0) is 35.6 Å². The SMILES string of the molecule is COc1ccc([C@H]2C[C@@H](c3ccccc3)N(C(=O)CC(C)C)c3ncnn32)cc1. The van der Waals surface area contributed by atoms with Crippen molar-refractivity contribution in [2.45, 2.75) is 38.8 Å². The minimum Gasteiger partial charge on any atom is -0.497 e. The molecule has 0 radical (unpaired) electrons. The number of carbonyl (C=O) groups excluding carboxylic acids is 1. The number of rotatable bonds is 5.